The van der Waals surface area contributed by atoms with E-state index in [9.17, 15) is 28.2 Å². The molecule has 32 heavy (non-hydrogen) atoms. The third-order valence-corrected chi connectivity index (χ3v) is 5.59. The lowest BCUT2D eigenvalue weighted by molar-refractivity contribution is -0.251. The quantitative estimate of drug-likeness (QED) is 0.625. The minimum absolute atomic E-state index is 0.00961. The Kier molecular flexibility index (Phi) is 7.12. The Bertz CT molecular complexity index is 970. The smallest absolute Gasteiger partial charge is 0.290 e. The van der Waals surface area contributed by atoms with Crippen molar-refractivity contribution in [3.63, 3.8) is 0 Å². The number of rotatable bonds is 6. The topological polar surface area (TPSA) is 88.0 Å². The fraction of sp³-hybridized carbons (Fsp3) is 0.435. The van der Waals surface area contributed by atoms with Crippen molar-refractivity contribution in [2.45, 2.75) is 51.3 Å². The highest BCUT2D eigenvalue weighted by atomic mass is 19.3. The highest BCUT2D eigenvalue weighted by Gasteiger charge is 2.42. The monoisotopic (exact) mass is 453 g/mol. The average Bonchev–Trinajstić information content (AvgIpc) is 2.74. The molecule has 174 valence electrons. The van der Waals surface area contributed by atoms with Crippen LogP contribution < -0.4 is 10.1 Å². The summed E-state index contributed by atoms with van der Waals surface area (Å²) in [6, 6.07) is 8.84. The molecule has 2 aromatic carbocycles. The molecule has 5 atom stereocenters. The van der Waals surface area contributed by atoms with Crippen LogP contribution in [0.15, 0.2) is 42.5 Å². The second-order valence-electron chi connectivity index (χ2n) is 8.00. The molecule has 1 heterocycles. The summed E-state index contributed by atoms with van der Waals surface area (Å²) in [6.45, 7) is 3.64. The third-order valence-electron chi connectivity index (χ3n) is 5.59. The highest BCUT2D eigenvalue weighted by Crippen LogP contribution is 2.39. The van der Waals surface area contributed by atoms with Crippen LogP contribution in [0.3, 0.4) is 0 Å². The molecule has 0 saturated carbocycles. The number of hydrogen-bond donors (Lipinski definition) is 3. The van der Waals surface area contributed by atoms with Crippen molar-refractivity contribution in [3.05, 3.63) is 53.8 Å². The number of nitrogens with one attached hydrogen (secondary N) is 1. The van der Waals surface area contributed by atoms with Crippen LogP contribution in [0.2, 0.25) is 0 Å². The van der Waals surface area contributed by atoms with Crippen molar-refractivity contribution < 1.29 is 37.7 Å². The summed E-state index contributed by atoms with van der Waals surface area (Å²) >= 11 is 0. The average molecular weight is 453 g/mol. The third kappa shape index (κ3) is 5.23. The van der Waals surface area contributed by atoms with Crippen LogP contribution >= 0.6 is 0 Å². The number of aliphatic hydroxyl groups is 2. The van der Waals surface area contributed by atoms with Gasteiger partial charge in [0.1, 0.15) is 17.7 Å². The van der Waals surface area contributed by atoms with Crippen LogP contribution in [-0.2, 0) is 15.5 Å². The Morgan fingerprint density at radius 1 is 1.16 bits per heavy atom. The summed E-state index contributed by atoms with van der Waals surface area (Å²) in [5, 5.41) is 22.6. The Labute approximate surface area is 184 Å². The summed E-state index contributed by atoms with van der Waals surface area (Å²) in [6.07, 6.45) is -4.07. The lowest BCUT2D eigenvalue weighted by Gasteiger charge is -2.40. The summed E-state index contributed by atoms with van der Waals surface area (Å²) in [5.41, 5.74) is -0.263. The molecule has 2 aromatic rings. The van der Waals surface area contributed by atoms with Crippen LogP contribution in [0.5, 0.6) is 5.75 Å². The lowest BCUT2D eigenvalue weighted by Crippen LogP contribution is -2.54. The number of hydrogen-bond acceptors (Lipinski definition) is 5. The molecule has 3 N–H and O–H groups in total. The SMILES string of the molecule is CC(=O)NCC(F)(F)c1ccc(O[C@@H]2O[C@@H](C)[C@H](C)[C@@H](O)[C@H]2O)cc1-c1cccc(F)c1. The van der Waals surface area contributed by atoms with Crippen molar-refractivity contribution in [1.82, 2.24) is 5.32 Å². The van der Waals surface area contributed by atoms with Crippen LogP contribution in [-0.4, -0.2) is 47.3 Å². The predicted molar refractivity (Wildman–Crippen MR) is 111 cm³/mol. The second-order valence-corrected chi connectivity index (χ2v) is 8.00. The van der Waals surface area contributed by atoms with Gasteiger partial charge in [0.15, 0.2) is 0 Å². The van der Waals surface area contributed by atoms with E-state index in [1.54, 1.807) is 13.8 Å². The van der Waals surface area contributed by atoms with Crippen LogP contribution in [0.4, 0.5) is 13.2 Å². The number of amides is 1. The molecule has 1 aliphatic heterocycles. The van der Waals surface area contributed by atoms with E-state index in [0.29, 0.717) is 0 Å². The van der Waals surface area contributed by atoms with Gasteiger partial charge in [0.05, 0.1) is 18.8 Å². The van der Waals surface area contributed by atoms with Gasteiger partial charge in [-0.15, -0.1) is 0 Å². The number of alkyl halides is 2. The normalized spacial score (nSPS) is 25.9. The molecule has 6 nitrogen and oxygen atoms in total. The van der Waals surface area contributed by atoms with Gasteiger partial charge >= 0.3 is 0 Å². The van der Waals surface area contributed by atoms with Crippen LogP contribution in [0.25, 0.3) is 11.1 Å². The van der Waals surface area contributed by atoms with E-state index < -0.39 is 54.4 Å². The van der Waals surface area contributed by atoms with Crippen LogP contribution in [0.1, 0.15) is 26.3 Å². The van der Waals surface area contributed by atoms with Crippen molar-refractivity contribution >= 4 is 5.91 Å². The minimum atomic E-state index is -3.45. The van der Waals surface area contributed by atoms with Gasteiger partial charge in [-0.25, -0.2) is 4.39 Å². The number of benzene rings is 2. The molecule has 0 radical (unpaired) electrons. The summed E-state index contributed by atoms with van der Waals surface area (Å²) in [7, 11) is 0. The molecule has 1 amide bonds. The Hall–Kier alpha value is -2.62. The maximum atomic E-state index is 14.9. The molecule has 0 unspecified atom stereocenters. The van der Waals surface area contributed by atoms with E-state index in [4.69, 9.17) is 9.47 Å². The largest absolute Gasteiger partial charge is 0.462 e. The molecular weight excluding hydrogens is 427 g/mol. The molecule has 1 fully saturated rings. The van der Waals surface area contributed by atoms with Gasteiger partial charge in [0, 0.05) is 18.4 Å². The minimum Gasteiger partial charge on any atom is -0.462 e. The van der Waals surface area contributed by atoms with Gasteiger partial charge in [0.25, 0.3) is 5.92 Å². The Balaban J connectivity index is 1.98. The van der Waals surface area contributed by atoms with Gasteiger partial charge in [-0.3, -0.25) is 4.79 Å². The summed E-state index contributed by atoms with van der Waals surface area (Å²) in [5.74, 6) is -4.92. The zero-order valence-corrected chi connectivity index (χ0v) is 17.9. The molecule has 9 heteroatoms. The first-order valence-corrected chi connectivity index (χ1v) is 10.2. The van der Waals surface area contributed by atoms with E-state index in [0.717, 1.165) is 19.1 Å². The van der Waals surface area contributed by atoms with Gasteiger partial charge in [-0.05, 0) is 48.4 Å². The van der Waals surface area contributed by atoms with Crippen LogP contribution in [0, 0.1) is 11.7 Å². The summed E-state index contributed by atoms with van der Waals surface area (Å²) < 4.78 is 55.0. The molecule has 3 rings (SSSR count). The van der Waals surface area contributed by atoms with Crippen molar-refractivity contribution in [3.8, 4) is 16.9 Å². The first kappa shape index (κ1) is 24.0. The summed E-state index contributed by atoms with van der Waals surface area (Å²) in [4.78, 5) is 11.1. The van der Waals surface area contributed by atoms with Crippen molar-refractivity contribution in [1.29, 1.82) is 0 Å². The first-order valence-electron chi connectivity index (χ1n) is 10.2. The molecular formula is C23H26F3NO5. The van der Waals surface area contributed by atoms with E-state index in [-0.39, 0.29) is 22.8 Å². The van der Waals surface area contributed by atoms with E-state index >= 15 is 0 Å². The van der Waals surface area contributed by atoms with Gasteiger partial charge < -0.3 is 25.0 Å². The molecule has 1 saturated heterocycles. The van der Waals surface area contributed by atoms with Gasteiger partial charge in [0.2, 0.25) is 12.2 Å². The number of carbonyl (C=O) groups is 1. The standard InChI is InChI=1S/C23H26F3NO5/c1-12-13(2)31-22(21(30)20(12)29)32-17-7-8-19(23(25,26)11-27-14(3)28)18(10-17)15-5-4-6-16(24)9-15/h4-10,12-13,20-22,29-30H,11H2,1-3H3,(H,27,28)/t12-,13-,20+,21+,22-/m0/s1. The van der Waals surface area contributed by atoms with Gasteiger partial charge in [-0.2, -0.15) is 8.78 Å². The maximum absolute atomic E-state index is 14.9. The molecule has 0 aromatic heterocycles. The van der Waals surface area contributed by atoms with Gasteiger partial charge in [-0.1, -0.05) is 19.1 Å². The lowest BCUT2D eigenvalue weighted by atomic mass is 9.91. The van der Waals surface area contributed by atoms with E-state index in [1.165, 1.54) is 30.3 Å². The number of halogens is 3. The Morgan fingerprint density at radius 2 is 1.88 bits per heavy atom. The number of carbonyl (C=O) groups excluding carboxylic acids is 1. The second kappa shape index (κ2) is 9.48. The zero-order chi connectivity index (χ0) is 23.6. The molecule has 0 spiro atoms. The number of ether oxygens (including phenoxy) is 2. The van der Waals surface area contributed by atoms with Crippen molar-refractivity contribution in [2.24, 2.45) is 5.92 Å². The van der Waals surface area contributed by atoms with E-state index in [1.807, 2.05) is 0 Å². The molecule has 0 bridgehead atoms. The fourth-order valence-electron chi connectivity index (χ4n) is 3.54. The van der Waals surface area contributed by atoms with E-state index in [2.05, 4.69) is 5.32 Å². The molecule has 0 aliphatic carbocycles. The predicted octanol–water partition coefficient (Wildman–Crippen LogP) is 3.20. The maximum Gasteiger partial charge on any atom is 0.290 e. The zero-order valence-electron chi connectivity index (χ0n) is 17.9. The molecule has 1 aliphatic rings. The number of aliphatic hydroxyl groups excluding tert-OH is 2. The fourth-order valence-corrected chi connectivity index (χ4v) is 3.54. The highest BCUT2D eigenvalue weighted by molar-refractivity contribution is 5.73. The first-order chi connectivity index (χ1) is 15.0. The Morgan fingerprint density at radius 3 is 2.53 bits per heavy atom. The van der Waals surface area contributed by atoms with Crippen molar-refractivity contribution in [2.75, 3.05) is 6.54 Å².